The van der Waals surface area contributed by atoms with Crippen LogP contribution in [0.5, 0.6) is 0 Å². The number of piperazine rings is 1. The second-order valence-electron chi connectivity index (χ2n) is 7.51. The van der Waals surface area contributed by atoms with E-state index in [1.165, 1.54) is 24.3 Å². The van der Waals surface area contributed by atoms with Gasteiger partial charge in [-0.25, -0.2) is 4.39 Å². The van der Waals surface area contributed by atoms with Crippen LogP contribution in [0.3, 0.4) is 0 Å². The first-order valence-corrected chi connectivity index (χ1v) is 9.82. The van der Waals surface area contributed by atoms with Gasteiger partial charge in [-0.15, -0.1) is 0 Å². The van der Waals surface area contributed by atoms with Crippen LogP contribution >= 0.6 is 0 Å². The van der Waals surface area contributed by atoms with E-state index in [0.29, 0.717) is 24.5 Å². The molecule has 30 heavy (non-hydrogen) atoms. The van der Waals surface area contributed by atoms with Gasteiger partial charge >= 0.3 is 0 Å². The standard InChI is InChI=1S/C22H25FN4O3/c1-14(2)20-22(30)24-11-12-27(20)13-19(28)26-18-6-4-3-5-17(18)21(29)25-16-9-7-15(23)8-10-16/h3-10,14,20H,11-13H2,1-2H3,(H,24,30)(H,25,29)(H,26,28). The Bertz CT molecular complexity index is 930. The van der Waals surface area contributed by atoms with Gasteiger partial charge in [-0.05, 0) is 42.3 Å². The van der Waals surface area contributed by atoms with Crippen LogP contribution in [0.1, 0.15) is 24.2 Å². The molecule has 0 spiro atoms. The lowest BCUT2D eigenvalue weighted by Crippen LogP contribution is -2.58. The van der Waals surface area contributed by atoms with Gasteiger partial charge < -0.3 is 16.0 Å². The maximum absolute atomic E-state index is 13.1. The highest BCUT2D eigenvalue weighted by molar-refractivity contribution is 6.10. The van der Waals surface area contributed by atoms with Crippen molar-refractivity contribution < 1.29 is 18.8 Å². The van der Waals surface area contributed by atoms with Crippen molar-refractivity contribution in [3.8, 4) is 0 Å². The minimum atomic E-state index is -0.421. The highest BCUT2D eigenvalue weighted by Gasteiger charge is 2.33. The number of carbonyl (C=O) groups is 3. The van der Waals surface area contributed by atoms with Crippen LogP contribution in [0.25, 0.3) is 0 Å². The third-order valence-corrected chi connectivity index (χ3v) is 4.89. The molecule has 1 aliphatic heterocycles. The zero-order valence-electron chi connectivity index (χ0n) is 16.9. The molecular weight excluding hydrogens is 387 g/mol. The lowest BCUT2D eigenvalue weighted by molar-refractivity contribution is -0.132. The Labute approximate surface area is 174 Å². The van der Waals surface area contributed by atoms with Crippen LogP contribution in [0.2, 0.25) is 0 Å². The van der Waals surface area contributed by atoms with Crippen molar-refractivity contribution in [3.63, 3.8) is 0 Å². The predicted octanol–water partition coefficient (Wildman–Crippen LogP) is 2.47. The molecule has 2 aromatic carbocycles. The molecule has 1 heterocycles. The van der Waals surface area contributed by atoms with Crippen molar-refractivity contribution in [3.05, 3.63) is 59.9 Å². The van der Waals surface area contributed by atoms with Crippen molar-refractivity contribution >= 4 is 29.1 Å². The number of para-hydroxylation sites is 1. The molecule has 0 radical (unpaired) electrons. The van der Waals surface area contributed by atoms with Gasteiger partial charge in [0.15, 0.2) is 0 Å². The summed E-state index contributed by atoms with van der Waals surface area (Å²) in [5, 5.41) is 8.29. The van der Waals surface area contributed by atoms with Gasteiger partial charge in [0.25, 0.3) is 5.91 Å². The molecule has 1 unspecified atom stereocenters. The average molecular weight is 412 g/mol. The van der Waals surface area contributed by atoms with Crippen molar-refractivity contribution in [1.82, 2.24) is 10.2 Å². The number of amides is 3. The minimum absolute atomic E-state index is 0.0458. The van der Waals surface area contributed by atoms with Crippen LogP contribution in [0.15, 0.2) is 48.5 Å². The van der Waals surface area contributed by atoms with Crippen LogP contribution in [-0.2, 0) is 9.59 Å². The summed E-state index contributed by atoms with van der Waals surface area (Å²) < 4.78 is 13.1. The van der Waals surface area contributed by atoms with E-state index >= 15 is 0 Å². The Morgan fingerprint density at radius 1 is 1.13 bits per heavy atom. The summed E-state index contributed by atoms with van der Waals surface area (Å²) in [6, 6.07) is 11.7. The van der Waals surface area contributed by atoms with E-state index in [1.54, 1.807) is 24.3 Å². The van der Waals surface area contributed by atoms with Gasteiger partial charge in [-0.1, -0.05) is 26.0 Å². The molecule has 1 aliphatic rings. The number of hydrogen-bond acceptors (Lipinski definition) is 4. The van der Waals surface area contributed by atoms with Crippen LogP contribution < -0.4 is 16.0 Å². The van der Waals surface area contributed by atoms with Gasteiger partial charge in [0.05, 0.1) is 23.8 Å². The molecule has 1 saturated heterocycles. The molecule has 0 bridgehead atoms. The third-order valence-electron chi connectivity index (χ3n) is 4.89. The zero-order chi connectivity index (χ0) is 21.7. The smallest absolute Gasteiger partial charge is 0.257 e. The number of hydrogen-bond donors (Lipinski definition) is 3. The molecule has 0 aliphatic carbocycles. The molecule has 1 atom stereocenters. The highest BCUT2D eigenvalue weighted by atomic mass is 19.1. The molecule has 0 saturated carbocycles. The quantitative estimate of drug-likeness (QED) is 0.680. The minimum Gasteiger partial charge on any atom is -0.353 e. The van der Waals surface area contributed by atoms with E-state index in [2.05, 4.69) is 16.0 Å². The number of benzene rings is 2. The van der Waals surface area contributed by atoms with Crippen molar-refractivity contribution in [1.29, 1.82) is 0 Å². The highest BCUT2D eigenvalue weighted by Crippen LogP contribution is 2.19. The lowest BCUT2D eigenvalue weighted by Gasteiger charge is -2.36. The Kier molecular flexibility index (Phi) is 6.79. The topological polar surface area (TPSA) is 90.5 Å². The number of rotatable bonds is 6. The number of nitrogens with one attached hydrogen (secondary N) is 3. The van der Waals surface area contributed by atoms with Gasteiger partial charge in [0, 0.05) is 18.8 Å². The van der Waals surface area contributed by atoms with E-state index in [9.17, 15) is 18.8 Å². The van der Waals surface area contributed by atoms with E-state index in [0.717, 1.165) is 0 Å². The molecule has 2 aromatic rings. The van der Waals surface area contributed by atoms with Gasteiger partial charge in [0.1, 0.15) is 5.82 Å². The number of anilines is 2. The van der Waals surface area contributed by atoms with E-state index in [4.69, 9.17) is 0 Å². The average Bonchev–Trinajstić information content (AvgIpc) is 2.69. The Balaban J connectivity index is 1.69. The molecule has 8 heteroatoms. The zero-order valence-corrected chi connectivity index (χ0v) is 16.9. The van der Waals surface area contributed by atoms with E-state index < -0.39 is 11.7 Å². The van der Waals surface area contributed by atoms with Crippen LogP contribution in [0, 0.1) is 11.7 Å². The molecule has 0 aromatic heterocycles. The summed E-state index contributed by atoms with van der Waals surface area (Å²) >= 11 is 0. The fraction of sp³-hybridized carbons (Fsp3) is 0.318. The monoisotopic (exact) mass is 412 g/mol. The normalized spacial score (nSPS) is 16.8. The van der Waals surface area contributed by atoms with Crippen molar-refractivity contribution in [2.24, 2.45) is 5.92 Å². The Morgan fingerprint density at radius 2 is 1.83 bits per heavy atom. The SMILES string of the molecule is CC(C)C1C(=O)NCCN1CC(=O)Nc1ccccc1C(=O)Nc1ccc(F)cc1. The molecule has 1 fully saturated rings. The molecule has 3 rings (SSSR count). The van der Waals surface area contributed by atoms with Gasteiger partial charge in [0.2, 0.25) is 11.8 Å². The summed E-state index contributed by atoms with van der Waals surface area (Å²) in [5.74, 6) is -1.14. The fourth-order valence-corrected chi connectivity index (χ4v) is 3.53. The third kappa shape index (κ3) is 5.21. The molecule has 3 amide bonds. The molecule has 3 N–H and O–H groups in total. The molecule has 7 nitrogen and oxygen atoms in total. The summed E-state index contributed by atoms with van der Waals surface area (Å²) in [7, 11) is 0. The van der Waals surface area contributed by atoms with Crippen molar-refractivity contribution in [2.45, 2.75) is 19.9 Å². The van der Waals surface area contributed by atoms with Gasteiger partial charge in [-0.3, -0.25) is 19.3 Å². The maximum atomic E-state index is 13.1. The second kappa shape index (κ2) is 9.49. The second-order valence-corrected chi connectivity index (χ2v) is 7.51. The van der Waals surface area contributed by atoms with E-state index in [-0.39, 0.29) is 35.9 Å². The first kappa shape index (κ1) is 21.4. The lowest BCUT2D eigenvalue weighted by atomic mass is 9.99. The summed E-state index contributed by atoms with van der Waals surface area (Å²) in [6.45, 7) is 5.00. The summed E-state index contributed by atoms with van der Waals surface area (Å²) in [6.07, 6.45) is 0. The molecule has 158 valence electrons. The van der Waals surface area contributed by atoms with Gasteiger partial charge in [-0.2, -0.15) is 0 Å². The number of halogens is 1. The number of nitrogens with zero attached hydrogens (tertiary/aromatic N) is 1. The van der Waals surface area contributed by atoms with Crippen LogP contribution in [-0.4, -0.2) is 48.3 Å². The van der Waals surface area contributed by atoms with E-state index in [1.807, 2.05) is 18.7 Å². The summed E-state index contributed by atoms with van der Waals surface area (Å²) in [5.41, 5.74) is 1.10. The fourth-order valence-electron chi connectivity index (χ4n) is 3.53. The largest absolute Gasteiger partial charge is 0.353 e. The Morgan fingerprint density at radius 3 is 2.53 bits per heavy atom. The number of carbonyl (C=O) groups excluding carboxylic acids is 3. The molecular formula is C22H25FN4O3. The van der Waals surface area contributed by atoms with Crippen molar-refractivity contribution in [2.75, 3.05) is 30.3 Å². The van der Waals surface area contributed by atoms with Crippen LogP contribution in [0.4, 0.5) is 15.8 Å². The predicted molar refractivity (Wildman–Crippen MR) is 113 cm³/mol. The first-order chi connectivity index (χ1) is 14.3. The first-order valence-electron chi connectivity index (χ1n) is 9.82. The Hall–Kier alpha value is -3.26. The summed E-state index contributed by atoms with van der Waals surface area (Å²) in [4.78, 5) is 39.3. The maximum Gasteiger partial charge on any atom is 0.257 e.